The number of rotatable bonds is 7. The van der Waals surface area contributed by atoms with Gasteiger partial charge in [0.2, 0.25) is 5.91 Å². The SMILES string of the molecule is CC(C)(C)OC(=O)CCC(C(N)=O)N1CC2(CCN(C(=O)OCc3ccccc3)CC2)c2ccc3c(c21)CNC3=O. The Balaban J connectivity index is 1.36. The van der Waals surface area contributed by atoms with Crippen LogP contribution >= 0.6 is 0 Å². The van der Waals surface area contributed by atoms with E-state index in [1.807, 2.05) is 47.4 Å². The van der Waals surface area contributed by atoms with Gasteiger partial charge in [0.05, 0.1) is 0 Å². The van der Waals surface area contributed by atoms with Gasteiger partial charge in [0.1, 0.15) is 18.2 Å². The maximum Gasteiger partial charge on any atom is 0.410 e. The van der Waals surface area contributed by atoms with Crippen molar-refractivity contribution in [3.05, 3.63) is 64.7 Å². The standard InChI is InChI=1S/C31H38N4O6/c1-30(2,3)41-25(36)12-11-24(27(32)37)35-19-31(23-10-9-21-22(26(23)35)17-33-28(21)38)13-15-34(16-14-31)29(39)40-18-20-7-5-4-6-8-20/h4-10,24H,11-19H2,1-3H3,(H2,32,37)(H,33,38). The van der Waals surface area contributed by atoms with E-state index in [1.165, 1.54) is 0 Å². The van der Waals surface area contributed by atoms with Crippen molar-refractivity contribution in [1.29, 1.82) is 0 Å². The van der Waals surface area contributed by atoms with Gasteiger partial charge in [0.15, 0.2) is 0 Å². The van der Waals surface area contributed by atoms with Crippen molar-refractivity contribution in [1.82, 2.24) is 10.2 Å². The summed E-state index contributed by atoms with van der Waals surface area (Å²) >= 11 is 0. The Labute approximate surface area is 240 Å². The van der Waals surface area contributed by atoms with Crippen LogP contribution in [0.1, 0.15) is 73.5 Å². The number of likely N-dealkylation sites (tertiary alicyclic amines) is 1. The molecule has 2 aromatic carbocycles. The molecule has 3 N–H and O–H groups in total. The molecule has 1 spiro atoms. The molecule has 5 rings (SSSR count). The number of amides is 3. The molecule has 0 aliphatic carbocycles. The van der Waals surface area contributed by atoms with E-state index in [4.69, 9.17) is 15.2 Å². The normalized spacial score (nSPS) is 18.0. The number of fused-ring (bicyclic) bond motifs is 4. The van der Waals surface area contributed by atoms with Gasteiger partial charge in [-0.05, 0) is 57.2 Å². The molecule has 1 unspecified atom stereocenters. The minimum absolute atomic E-state index is 0.0386. The second kappa shape index (κ2) is 11.1. The minimum Gasteiger partial charge on any atom is -0.460 e. The molecule has 3 heterocycles. The third-order valence-corrected chi connectivity index (χ3v) is 8.22. The maximum atomic E-state index is 12.9. The molecule has 0 radical (unpaired) electrons. The monoisotopic (exact) mass is 562 g/mol. The average Bonchev–Trinajstić information content (AvgIpc) is 3.45. The quantitative estimate of drug-likeness (QED) is 0.495. The van der Waals surface area contributed by atoms with Crippen LogP contribution in [0.2, 0.25) is 0 Å². The molecule has 0 saturated carbocycles. The number of hydrogen-bond acceptors (Lipinski definition) is 7. The Morgan fingerprint density at radius 1 is 1.07 bits per heavy atom. The van der Waals surface area contributed by atoms with Gasteiger partial charge in [-0.3, -0.25) is 14.4 Å². The molecule has 0 bridgehead atoms. The molecule has 3 aliphatic heterocycles. The van der Waals surface area contributed by atoms with Crippen LogP contribution in [-0.2, 0) is 37.6 Å². The van der Waals surface area contributed by atoms with Gasteiger partial charge in [-0.25, -0.2) is 4.79 Å². The fourth-order valence-corrected chi connectivity index (χ4v) is 6.26. The fourth-order valence-electron chi connectivity index (χ4n) is 6.26. The summed E-state index contributed by atoms with van der Waals surface area (Å²) in [6.07, 6.45) is 1.21. The van der Waals surface area contributed by atoms with Crippen molar-refractivity contribution in [2.24, 2.45) is 5.73 Å². The number of esters is 1. The number of primary amides is 1. The number of ether oxygens (including phenoxy) is 2. The highest BCUT2D eigenvalue weighted by Gasteiger charge is 2.49. The van der Waals surface area contributed by atoms with Crippen LogP contribution in [0.4, 0.5) is 10.5 Å². The Morgan fingerprint density at radius 2 is 1.78 bits per heavy atom. The molecule has 1 saturated heterocycles. The van der Waals surface area contributed by atoms with Gasteiger partial charge in [0, 0.05) is 54.8 Å². The van der Waals surface area contributed by atoms with Crippen LogP contribution in [0, 0.1) is 0 Å². The molecule has 0 aromatic heterocycles. The molecular formula is C31H38N4O6. The van der Waals surface area contributed by atoms with E-state index in [9.17, 15) is 19.2 Å². The minimum atomic E-state index is -0.753. The first-order valence-corrected chi connectivity index (χ1v) is 14.2. The lowest BCUT2D eigenvalue weighted by Gasteiger charge is -2.40. The van der Waals surface area contributed by atoms with Crippen LogP contribution in [0.15, 0.2) is 42.5 Å². The fraction of sp³-hybridized carbons (Fsp3) is 0.484. The number of carbonyl (C=O) groups excluding carboxylic acids is 4. The van der Waals surface area contributed by atoms with E-state index in [0.717, 1.165) is 22.4 Å². The lowest BCUT2D eigenvalue weighted by molar-refractivity contribution is -0.155. The molecule has 41 heavy (non-hydrogen) atoms. The lowest BCUT2D eigenvalue weighted by atomic mass is 9.74. The Morgan fingerprint density at radius 3 is 2.44 bits per heavy atom. The summed E-state index contributed by atoms with van der Waals surface area (Å²) in [4.78, 5) is 54.5. The molecule has 10 nitrogen and oxygen atoms in total. The Bertz CT molecular complexity index is 1340. The predicted molar refractivity (Wildman–Crippen MR) is 152 cm³/mol. The largest absolute Gasteiger partial charge is 0.460 e. The molecule has 3 amide bonds. The molecule has 2 aromatic rings. The summed E-state index contributed by atoms with van der Waals surface area (Å²) in [6, 6.07) is 12.6. The van der Waals surface area contributed by atoms with E-state index in [2.05, 4.69) is 5.32 Å². The van der Waals surface area contributed by atoms with Crippen molar-refractivity contribution >= 4 is 29.6 Å². The second-order valence-electron chi connectivity index (χ2n) is 12.1. The van der Waals surface area contributed by atoms with Crippen LogP contribution < -0.4 is 16.0 Å². The van der Waals surface area contributed by atoms with Crippen LogP contribution in [0.25, 0.3) is 0 Å². The first-order valence-electron chi connectivity index (χ1n) is 14.2. The number of benzene rings is 2. The van der Waals surface area contributed by atoms with E-state index < -0.39 is 23.5 Å². The highest BCUT2D eigenvalue weighted by atomic mass is 16.6. The van der Waals surface area contributed by atoms with Gasteiger partial charge in [-0.15, -0.1) is 0 Å². The summed E-state index contributed by atoms with van der Waals surface area (Å²) < 4.78 is 11.0. The van der Waals surface area contributed by atoms with Crippen molar-refractivity contribution in [3.63, 3.8) is 0 Å². The number of piperidine rings is 1. The second-order valence-corrected chi connectivity index (χ2v) is 12.1. The molecule has 3 aliphatic rings. The highest BCUT2D eigenvalue weighted by Crippen LogP contribution is 2.51. The van der Waals surface area contributed by atoms with E-state index in [1.54, 1.807) is 25.7 Å². The smallest absolute Gasteiger partial charge is 0.410 e. The summed E-state index contributed by atoms with van der Waals surface area (Å²) in [5.41, 5.74) is 9.21. The zero-order valence-corrected chi connectivity index (χ0v) is 23.9. The Hall–Kier alpha value is -4.08. The molecule has 218 valence electrons. The number of carbonyl (C=O) groups is 4. The van der Waals surface area contributed by atoms with Crippen LogP contribution in [0.5, 0.6) is 0 Å². The lowest BCUT2D eigenvalue weighted by Crippen LogP contribution is -2.51. The highest BCUT2D eigenvalue weighted by molar-refractivity contribution is 6.01. The van der Waals surface area contributed by atoms with Crippen molar-refractivity contribution in [3.8, 4) is 0 Å². The predicted octanol–water partition coefficient (Wildman–Crippen LogP) is 3.40. The van der Waals surface area contributed by atoms with E-state index in [0.29, 0.717) is 44.6 Å². The van der Waals surface area contributed by atoms with Crippen LogP contribution in [-0.4, -0.2) is 60.1 Å². The van der Waals surface area contributed by atoms with E-state index in [-0.39, 0.29) is 36.9 Å². The summed E-state index contributed by atoms with van der Waals surface area (Å²) in [5, 5.41) is 2.89. The van der Waals surface area contributed by atoms with Crippen molar-refractivity contribution in [2.45, 2.75) is 76.7 Å². The number of nitrogens with two attached hydrogens (primary N) is 1. The maximum absolute atomic E-state index is 12.9. The van der Waals surface area contributed by atoms with Gasteiger partial charge >= 0.3 is 12.1 Å². The molecule has 1 atom stereocenters. The third-order valence-electron chi connectivity index (χ3n) is 8.22. The van der Waals surface area contributed by atoms with Gasteiger partial charge in [-0.2, -0.15) is 0 Å². The Kier molecular flexibility index (Phi) is 7.68. The third kappa shape index (κ3) is 5.87. The van der Waals surface area contributed by atoms with Crippen molar-refractivity contribution in [2.75, 3.05) is 24.5 Å². The van der Waals surface area contributed by atoms with Gasteiger partial charge in [0.25, 0.3) is 5.91 Å². The summed E-state index contributed by atoms with van der Waals surface area (Å²) in [5.74, 6) is -1.08. The average molecular weight is 563 g/mol. The first kappa shape index (κ1) is 28.4. The number of anilines is 1. The summed E-state index contributed by atoms with van der Waals surface area (Å²) in [7, 11) is 0. The molecule has 10 heteroatoms. The van der Waals surface area contributed by atoms with Crippen molar-refractivity contribution < 1.29 is 28.7 Å². The first-order chi connectivity index (χ1) is 19.5. The van der Waals surface area contributed by atoms with Gasteiger partial charge < -0.3 is 30.3 Å². The van der Waals surface area contributed by atoms with E-state index >= 15 is 0 Å². The number of nitrogens with zero attached hydrogens (tertiary/aromatic N) is 2. The van der Waals surface area contributed by atoms with Gasteiger partial charge in [-0.1, -0.05) is 36.4 Å². The van der Waals surface area contributed by atoms with Crippen LogP contribution in [0.3, 0.4) is 0 Å². The number of nitrogens with one attached hydrogen (secondary N) is 1. The summed E-state index contributed by atoms with van der Waals surface area (Å²) in [6.45, 7) is 7.46. The number of hydrogen-bond donors (Lipinski definition) is 2. The zero-order chi connectivity index (χ0) is 29.4. The zero-order valence-electron chi connectivity index (χ0n) is 23.9. The topological polar surface area (TPSA) is 131 Å². The molecular weight excluding hydrogens is 524 g/mol. The molecule has 1 fully saturated rings.